The van der Waals surface area contributed by atoms with Crippen molar-refractivity contribution in [3.63, 3.8) is 0 Å². The van der Waals surface area contributed by atoms with Gasteiger partial charge >= 0.3 is 5.97 Å². The molecule has 0 N–H and O–H groups in total. The highest BCUT2D eigenvalue weighted by atomic mass is 19.1. The third-order valence-corrected chi connectivity index (χ3v) is 3.03. The topological polar surface area (TPSA) is 26.3 Å². The number of carbonyl (C=O) groups is 1. The first-order valence-electron chi connectivity index (χ1n) is 6.65. The Morgan fingerprint density at radius 3 is 2.25 bits per heavy atom. The zero-order chi connectivity index (χ0) is 14.4. The van der Waals surface area contributed by atoms with Gasteiger partial charge in [0, 0.05) is 0 Å². The monoisotopic (exact) mass is 272 g/mol. The van der Waals surface area contributed by atoms with Crippen LogP contribution in [0.15, 0.2) is 54.6 Å². The number of hydrogen-bond donors (Lipinski definition) is 0. The molecular weight excluding hydrogens is 255 g/mol. The molecule has 20 heavy (non-hydrogen) atoms. The summed E-state index contributed by atoms with van der Waals surface area (Å²) in [6.07, 6.45) is -1.56. The van der Waals surface area contributed by atoms with Gasteiger partial charge in [0.15, 0.2) is 0 Å². The Bertz CT molecular complexity index is 549. The molecule has 0 spiro atoms. The van der Waals surface area contributed by atoms with Gasteiger partial charge in [-0.25, -0.2) is 4.39 Å². The summed E-state index contributed by atoms with van der Waals surface area (Å²) >= 11 is 0. The Balaban J connectivity index is 2.06. The van der Waals surface area contributed by atoms with Gasteiger partial charge in [-0.15, -0.1) is 0 Å². The summed E-state index contributed by atoms with van der Waals surface area (Å²) in [6.45, 7) is 1.98. The number of halogens is 1. The molecule has 0 bridgehead atoms. The Morgan fingerprint density at radius 2 is 1.65 bits per heavy atom. The summed E-state index contributed by atoms with van der Waals surface area (Å²) in [7, 11) is 0. The van der Waals surface area contributed by atoms with Crippen molar-refractivity contribution in [1.29, 1.82) is 0 Å². The van der Waals surface area contributed by atoms with Crippen LogP contribution >= 0.6 is 0 Å². The van der Waals surface area contributed by atoms with E-state index in [1.807, 2.05) is 42.5 Å². The van der Waals surface area contributed by atoms with E-state index in [2.05, 4.69) is 0 Å². The van der Waals surface area contributed by atoms with E-state index in [1.54, 1.807) is 19.1 Å². The van der Waals surface area contributed by atoms with E-state index in [1.165, 1.54) is 0 Å². The SMILES string of the molecule is CCOC(=O)CC(F)c1ccc(-c2ccccc2)cc1. The van der Waals surface area contributed by atoms with Crippen LogP contribution < -0.4 is 0 Å². The molecule has 0 saturated heterocycles. The van der Waals surface area contributed by atoms with E-state index >= 15 is 0 Å². The minimum atomic E-state index is -1.32. The molecule has 2 aromatic rings. The lowest BCUT2D eigenvalue weighted by molar-refractivity contribution is -0.144. The van der Waals surface area contributed by atoms with Crippen LogP contribution in [0.3, 0.4) is 0 Å². The van der Waals surface area contributed by atoms with Crippen molar-refractivity contribution in [2.45, 2.75) is 19.5 Å². The molecule has 0 aliphatic rings. The van der Waals surface area contributed by atoms with Gasteiger partial charge in [-0.05, 0) is 23.6 Å². The van der Waals surface area contributed by atoms with E-state index in [0.717, 1.165) is 11.1 Å². The number of ether oxygens (including phenoxy) is 1. The fourth-order valence-electron chi connectivity index (χ4n) is 2.00. The highest BCUT2D eigenvalue weighted by Gasteiger charge is 2.15. The van der Waals surface area contributed by atoms with E-state index < -0.39 is 12.1 Å². The number of carbonyl (C=O) groups excluding carboxylic acids is 1. The minimum absolute atomic E-state index is 0.238. The Hall–Kier alpha value is -2.16. The highest BCUT2D eigenvalue weighted by molar-refractivity contribution is 5.70. The summed E-state index contributed by atoms with van der Waals surface area (Å²) in [5.74, 6) is -0.507. The molecule has 2 nitrogen and oxygen atoms in total. The van der Waals surface area contributed by atoms with Gasteiger partial charge in [-0.3, -0.25) is 4.79 Å². The molecule has 0 aromatic heterocycles. The molecule has 0 saturated carbocycles. The Morgan fingerprint density at radius 1 is 1.05 bits per heavy atom. The number of benzene rings is 2. The van der Waals surface area contributed by atoms with Crippen LogP contribution in [-0.2, 0) is 9.53 Å². The smallest absolute Gasteiger partial charge is 0.309 e. The molecule has 3 heteroatoms. The lowest BCUT2D eigenvalue weighted by Gasteiger charge is -2.09. The third kappa shape index (κ3) is 3.67. The molecule has 0 amide bonds. The number of hydrogen-bond acceptors (Lipinski definition) is 2. The zero-order valence-corrected chi connectivity index (χ0v) is 11.4. The van der Waals surface area contributed by atoms with Crippen molar-refractivity contribution in [1.82, 2.24) is 0 Å². The van der Waals surface area contributed by atoms with Gasteiger partial charge in [0.05, 0.1) is 13.0 Å². The van der Waals surface area contributed by atoms with Crippen molar-refractivity contribution in [3.8, 4) is 11.1 Å². The van der Waals surface area contributed by atoms with Gasteiger partial charge in [0.25, 0.3) is 0 Å². The van der Waals surface area contributed by atoms with E-state index in [-0.39, 0.29) is 13.0 Å². The average molecular weight is 272 g/mol. The summed E-state index contributed by atoms with van der Waals surface area (Å²) in [4.78, 5) is 11.3. The van der Waals surface area contributed by atoms with Crippen LogP contribution in [0.4, 0.5) is 4.39 Å². The molecule has 0 aliphatic heterocycles. The lowest BCUT2D eigenvalue weighted by Crippen LogP contribution is -2.07. The molecule has 0 radical (unpaired) electrons. The Labute approximate surface area is 118 Å². The lowest BCUT2D eigenvalue weighted by atomic mass is 10.0. The zero-order valence-electron chi connectivity index (χ0n) is 11.4. The van der Waals surface area contributed by atoms with Crippen LogP contribution in [-0.4, -0.2) is 12.6 Å². The van der Waals surface area contributed by atoms with Gasteiger partial charge in [-0.2, -0.15) is 0 Å². The van der Waals surface area contributed by atoms with Crippen molar-refractivity contribution < 1.29 is 13.9 Å². The van der Waals surface area contributed by atoms with Gasteiger partial charge < -0.3 is 4.74 Å². The molecule has 0 fully saturated rings. The van der Waals surface area contributed by atoms with Crippen LogP contribution in [0.5, 0.6) is 0 Å². The van der Waals surface area contributed by atoms with Crippen molar-refractivity contribution >= 4 is 5.97 Å². The van der Waals surface area contributed by atoms with Crippen LogP contribution in [0, 0.1) is 0 Å². The highest BCUT2D eigenvalue weighted by Crippen LogP contribution is 2.25. The molecule has 104 valence electrons. The van der Waals surface area contributed by atoms with Crippen molar-refractivity contribution in [2.24, 2.45) is 0 Å². The summed E-state index contributed by atoms with van der Waals surface area (Å²) < 4.78 is 18.7. The van der Waals surface area contributed by atoms with Crippen LogP contribution in [0.2, 0.25) is 0 Å². The molecule has 0 heterocycles. The second-order valence-corrected chi connectivity index (χ2v) is 4.46. The second-order valence-electron chi connectivity index (χ2n) is 4.46. The van der Waals surface area contributed by atoms with Crippen molar-refractivity contribution in [2.75, 3.05) is 6.61 Å². The fraction of sp³-hybridized carbons (Fsp3) is 0.235. The summed E-state index contributed by atoms with van der Waals surface area (Å²) in [5.41, 5.74) is 2.61. The van der Waals surface area contributed by atoms with Gasteiger partial charge in [-0.1, -0.05) is 54.6 Å². The quantitative estimate of drug-likeness (QED) is 0.758. The summed E-state index contributed by atoms with van der Waals surface area (Å²) in [6, 6.07) is 17.0. The maximum absolute atomic E-state index is 13.9. The maximum atomic E-state index is 13.9. The largest absolute Gasteiger partial charge is 0.466 e. The average Bonchev–Trinajstić information content (AvgIpc) is 2.48. The van der Waals surface area contributed by atoms with E-state index in [4.69, 9.17) is 4.74 Å². The molecule has 2 aromatic carbocycles. The van der Waals surface area contributed by atoms with E-state index in [9.17, 15) is 9.18 Å². The first kappa shape index (κ1) is 14.3. The first-order chi connectivity index (χ1) is 9.70. The molecule has 1 atom stereocenters. The summed E-state index contributed by atoms with van der Waals surface area (Å²) in [5, 5.41) is 0. The van der Waals surface area contributed by atoms with Crippen LogP contribution in [0.1, 0.15) is 25.1 Å². The second kappa shape index (κ2) is 6.85. The standard InChI is InChI=1S/C17H17FO2/c1-2-20-17(19)12-16(18)15-10-8-14(9-11-15)13-6-4-3-5-7-13/h3-11,16H,2,12H2,1H3. The minimum Gasteiger partial charge on any atom is -0.466 e. The normalized spacial score (nSPS) is 11.9. The molecular formula is C17H17FO2. The van der Waals surface area contributed by atoms with Gasteiger partial charge in [0.2, 0.25) is 0 Å². The third-order valence-electron chi connectivity index (χ3n) is 3.03. The molecule has 0 aliphatic carbocycles. The molecule has 2 rings (SSSR count). The molecule has 1 unspecified atom stereocenters. The van der Waals surface area contributed by atoms with E-state index in [0.29, 0.717) is 5.56 Å². The maximum Gasteiger partial charge on any atom is 0.309 e. The predicted molar refractivity (Wildman–Crippen MR) is 77.0 cm³/mol. The van der Waals surface area contributed by atoms with Crippen LogP contribution in [0.25, 0.3) is 11.1 Å². The first-order valence-corrected chi connectivity index (χ1v) is 6.65. The predicted octanol–water partition coefficient (Wildman–Crippen LogP) is 4.32. The van der Waals surface area contributed by atoms with Gasteiger partial charge in [0.1, 0.15) is 6.17 Å². The fourth-order valence-corrected chi connectivity index (χ4v) is 2.00. The number of alkyl halides is 1. The number of esters is 1. The van der Waals surface area contributed by atoms with Crippen molar-refractivity contribution in [3.05, 3.63) is 60.2 Å². The Kier molecular flexibility index (Phi) is 4.88. The number of rotatable bonds is 5.